The first-order chi connectivity index (χ1) is 10.4. The summed E-state index contributed by atoms with van der Waals surface area (Å²) in [4.78, 5) is 12.3. The largest absolute Gasteiger partial charge is 0.386 e. The maximum atomic E-state index is 12.9. The van der Waals surface area contributed by atoms with Gasteiger partial charge in [0.2, 0.25) is 0 Å². The molecule has 3 nitrogen and oxygen atoms in total. The van der Waals surface area contributed by atoms with Crippen LogP contribution in [0.15, 0.2) is 42.5 Å². The van der Waals surface area contributed by atoms with Crippen molar-refractivity contribution < 1.29 is 14.3 Å². The molecule has 0 fully saturated rings. The van der Waals surface area contributed by atoms with Gasteiger partial charge in [-0.3, -0.25) is 4.79 Å². The second-order valence-electron chi connectivity index (χ2n) is 5.58. The fraction of sp³-hybridized carbons (Fsp3) is 0.278. The molecule has 1 amide bonds. The summed E-state index contributed by atoms with van der Waals surface area (Å²) in [6, 6.07) is 10.8. The summed E-state index contributed by atoms with van der Waals surface area (Å²) in [5.74, 6) is -0.585. The highest BCUT2D eigenvalue weighted by Crippen LogP contribution is 2.18. The van der Waals surface area contributed by atoms with E-state index in [0.717, 1.165) is 11.1 Å². The number of aliphatic hydroxyl groups is 1. The first-order valence-electron chi connectivity index (χ1n) is 7.20. The minimum Gasteiger partial charge on any atom is -0.386 e. The first kappa shape index (κ1) is 16.2. The number of carbonyl (C=O) groups is 1. The Bertz CT molecular complexity index is 667. The van der Waals surface area contributed by atoms with Crippen molar-refractivity contribution in [3.8, 4) is 0 Å². The fourth-order valence-electron chi connectivity index (χ4n) is 2.29. The Hall–Kier alpha value is -2.20. The standard InChI is InChI=1S/C18H20FNO2/c1-11-4-5-12(2)16(10-11)18(22)20-13(3)17(21)14-6-8-15(19)9-7-14/h4-10,13,17,21H,1-3H3,(H,20,22)/t13-,17-/m1/s1. The van der Waals surface area contributed by atoms with Gasteiger partial charge < -0.3 is 10.4 Å². The van der Waals surface area contributed by atoms with Crippen LogP contribution < -0.4 is 5.32 Å². The van der Waals surface area contributed by atoms with Gasteiger partial charge in [-0.15, -0.1) is 0 Å². The smallest absolute Gasteiger partial charge is 0.251 e. The third-order valence-corrected chi connectivity index (χ3v) is 3.68. The molecule has 0 saturated carbocycles. The summed E-state index contributed by atoms with van der Waals surface area (Å²) in [7, 11) is 0. The Morgan fingerprint density at radius 3 is 2.41 bits per heavy atom. The zero-order valence-electron chi connectivity index (χ0n) is 12.9. The van der Waals surface area contributed by atoms with E-state index in [2.05, 4.69) is 5.32 Å². The maximum Gasteiger partial charge on any atom is 0.251 e. The Morgan fingerprint density at radius 2 is 1.77 bits per heavy atom. The van der Waals surface area contributed by atoms with Gasteiger partial charge in [-0.1, -0.05) is 29.8 Å². The zero-order valence-corrected chi connectivity index (χ0v) is 12.9. The number of amides is 1. The summed E-state index contributed by atoms with van der Waals surface area (Å²) >= 11 is 0. The molecule has 0 bridgehead atoms. The normalized spacial score (nSPS) is 13.5. The van der Waals surface area contributed by atoms with E-state index in [1.54, 1.807) is 6.92 Å². The monoisotopic (exact) mass is 301 g/mol. The molecule has 2 rings (SSSR count). The third-order valence-electron chi connectivity index (χ3n) is 3.68. The van der Waals surface area contributed by atoms with Gasteiger partial charge in [0.25, 0.3) is 5.91 Å². The van der Waals surface area contributed by atoms with Crippen molar-refractivity contribution in [3.05, 3.63) is 70.5 Å². The van der Waals surface area contributed by atoms with E-state index >= 15 is 0 Å². The van der Waals surface area contributed by atoms with Gasteiger partial charge >= 0.3 is 0 Å². The van der Waals surface area contributed by atoms with E-state index in [-0.39, 0.29) is 11.7 Å². The SMILES string of the molecule is Cc1ccc(C)c(C(=O)N[C@H](C)[C@@H](O)c2ccc(F)cc2)c1. The lowest BCUT2D eigenvalue weighted by atomic mass is 10.0. The number of halogens is 1. The van der Waals surface area contributed by atoms with Gasteiger partial charge in [0, 0.05) is 5.56 Å². The molecule has 4 heteroatoms. The Labute approximate surface area is 129 Å². The van der Waals surface area contributed by atoms with Gasteiger partial charge in [0.15, 0.2) is 0 Å². The van der Waals surface area contributed by atoms with Crippen LogP contribution in [0.4, 0.5) is 4.39 Å². The van der Waals surface area contributed by atoms with E-state index in [1.165, 1.54) is 24.3 Å². The number of rotatable bonds is 4. The summed E-state index contributed by atoms with van der Waals surface area (Å²) < 4.78 is 12.9. The number of carbonyl (C=O) groups excluding carboxylic acids is 1. The van der Waals surface area contributed by atoms with Crippen molar-refractivity contribution in [2.24, 2.45) is 0 Å². The van der Waals surface area contributed by atoms with Gasteiger partial charge in [0.05, 0.1) is 12.1 Å². The van der Waals surface area contributed by atoms with Crippen LogP contribution in [0.5, 0.6) is 0 Å². The van der Waals surface area contributed by atoms with Crippen LogP contribution in [0.25, 0.3) is 0 Å². The molecule has 0 radical (unpaired) electrons. The maximum absolute atomic E-state index is 12.9. The summed E-state index contributed by atoms with van der Waals surface area (Å²) in [5, 5.41) is 13.1. The topological polar surface area (TPSA) is 49.3 Å². The van der Waals surface area contributed by atoms with Crippen LogP contribution in [0.1, 0.15) is 40.1 Å². The molecule has 2 N–H and O–H groups in total. The lowest BCUT2D eigenvalue weighted by Gasteiger charge is -2.21. The summed E-state index contributed by atoms with van der Waals surface area (Å²) in [6.45, 7) is 5.51. The van der Waals surface area contributed by atoms with Crippen LogP contribution in [-0.2, 0) is 0 Å². The lowest BCUT2D eigenvalue weighted by Crippen LogP contribution is -2.37. The van der Waals surface area contributed by atoms with Crippen molar-refractivity contribution >= 4 is 5.91 Å². The van der Waals surface area contributed by atoms with Gasteiger partial charge in [-0.2, -0.15) is 0 Å². The number of benzene rings is 2. The predicted octanol–water partition coefficient (Wildman–Crippen LogP) is 3.29. The Kier molecular flexibility index (Phi) is 4.93. The molecule has 0 aromatic heterocycles. The molecule has 0 unspecified atom stereocenters. The zero-order chi connectivity index (χ0) is 16.3. The highest BCUT2D eigenvalue weighted by Gasteiger charge is 2.20. The van der Waals surface area contributed by atoms with Crippen molar-refractivity contribution in [2.45, 2.75) is 32.9 Å². The molecule has 22 heavy (non-hydrogen) atoms. The molecular formula is C18H20FNO2. The third kappa shape index (κ3) is 3.71. The minimum atomic E-state index is -0.894. The van der Waals surface area contributed by atoms with E-state index in [4.69, 9.17) is 0 Å². The molecule has 116 valence electrons. The molecule has 0 spiro atoms. The number of hydrogen-bond donors (Lipinski definition) is 2. The Balaban J connectivity index is 2.10. The van der Waals surface area contributed by atoms with Crippen LogP contribution in [0.3, 0.4) is 0 Å². The second-order valence-corrected chi connectivity index (χ2v) is 5.58. The number of aryl methyl sites for hydroxylation is 2. The summed E-state index contributed by atoms with van der Waals surface area (Å²) in [6.07, 6.45) is -0.894. The quantitative estimate of drug-likeness (QED) is 0.910. The molecule has 0 aliphatic carbocycles. The van der Waals surface area contributed by atoms with Crippen molar-refractivity contribution in [1.82, 2.24) is 5.32 Å². The van der Waals surface area contributed by atoms with Gasteiger partial charge in [-0.25, -0.2) is 4.39 Å². The Morgan fingerprint density at radius 1 is 1.14 bits per heavy atom. The average Bonchev–Trinajstić information content (AvgIpc) is 2.49. The van der Waals surface area contributed by atoms with E-state index < -0.39 is 12.1 Å². The highest BCUT2D eigenvalue weighted by atomic mass is 19.1. The summed E-state index contributed by atoms with van der Waals surface area (Å²) in [5.41, 5.74) is 3.04. The molecule has 0 saturated heterocycles. The van der Waals surface area contributed by atoms with Gasteiger partial charge in [-0.05, 0) is 50.1 Å². The second kappa shape index (κ2) is 6.71. The molecule has 2 aromatic rings. The van der Waals surface area contributed by atoms with Crippen LogP contribution in [0, 0.1) is 19.7 Å². The van der Waals surface area contributed by atoms with Crippen molar-refractivity contribution in [3.63, 3.8) is 0 Å². The van der Waals surface area contributed by atoms with E-state index in [0.29, 0.717) is 11.1 Å². The molecule has 2 aromatic carbocycles. The lowest BCUT2D eigenvalue weighted by molar-refractivity contribution is 0.0851. The van der Waals surface area contributed by atoms with Gasteiger partial charge in [0.1, 0.15) is 5.82 Å². The highest BCUT2D eigenvalue weighted by molar-refractivity contribution is 5.96. The first-order valence-corrected chi connectivity index (χ1v) is 7.20. The van der Waals surface area contributed by atoms with Crippen molar-refractivity contribution in [2.75, 3.05) is 0 Å². The van der Waals surface area contributed by atoms with E-state index in [1.807, 2.05) is 32.0 Å². The average molecular weight is 301 g/mol. The van der Waals surface area contributed by atoms with Crippen LogP contribution in [0.2, 0.25) is 0 Å². The minimum absolute atomic E-state index is 0.227. The number of aliphatic hydroxyl groups excluding tert-OH is 1. The number of nitrogens with one attached hydrogen (secondary N) is 1. The predicted molar refractivity (Wildman–Crippen MR) is 84.2 cm³/mol. The molecule has 2 atom stereocenters. The molecule has 0 aliphatic heterocycles. The number of hydrogen-bond acceptors (Lipinski definition) is 2. The van der Waals surface area contributed by atoms with Crippen LogP contribution >= 0.6 is 0 Å². The molecule has 0 heterocycles. The van der Waals surface area contributed by atoms with Crippen LogP contribution in [-0.4, -0.2) is 17.1 Å². The van der Waals surface area contributed by atoms with Crippen molar-refractivity contribution in [1.29, 1.82) is 0 Å². The molecule has 0 aliphatic rings. The molecular weight excluding hydrogens is 281 g/mol. The fourth-order valence-corrected chi connectivity index (χ4v) is 2.29. The van der Waals surface area contributed by atoms with E-state index in [9.17, 15) is 14.3 Å².